The van der Waals surface area contributed by atoms with E-state index in [1.807, 2.05) is 48.5 Å². The van der Waals surface area contributed by atoms with Crippen LogP contribution in [0.2, 0.25) is 5.02 Å². The number of hydrogen-bond acceptors (Lipinski definition) is 4. The molecule has 0 atom stereocenters. The molecule has 132 valence electrons. The molecule has 2 amide bonds. The van der Waals surface area contributed by atoms with Crippen molar-refractivity contribution in [3.8, 4) is 5.75 Å². The average Bonchev–Trinajstić information content (AvgIpc) is 2.94. The van der Waals surface area contributed by atoms with Gasteiger partial charge in [-0.2, -0.15) is 4.99 Å². The number of amidine groups is 1. The largest absolute Gasteiger partial charge is 0.488 e. The normalized spacial score (nSPS) is 15.1. The molecule has 0 saturated carbocycles. The Labute approximate surface area is 160 Å². The van der Waals surface area contributed by atoms with Gasteiger partial charge in [-0.25, -0.2) is 0 Å². The average molecular weight is 387 g/mol. The molecule has 0 saturated heterocycles. The van der Waals surface area contributed by atoms with Crippen molar-refractivity contribution in [2.24, 2.45) is 4.99 Å². The van der Waals surface area contributed by atoms with Crippen LogP contribution in [0.5, 0.6) is 5.75 Å². The molecule has 0 spiro atoms. The minimum Gasteiger partial charge on any atom is -0.488 e. The van der Waals surface area contributed by atoms with E-state index in [0.29, 0.717) is 22.3 Å². The molecule has 0 aromatic heterocycles. The number of hydrogen-bond donors (Lipinski definition) is 1. The highest BCUT2D eigenvalue weighted by Gasteiger charge is 2.22. The molecule has 7 heteroatoms. The Kier molecular flexibility index (Phi) is 5.75. The molecule has 26 heavy (non-hydrogen) atoms. The van der Waals surface area contributed by atoms with Crippen molar-refractivity contribution in [1.29, 1.82) is 0 Å². The summed E-state index contributed by atoms with van der Waals surface area (Å²) in [7, 11) is 0. The van der Waals surface area contributed by atoms with E-state index in [1.165, 1.54) is 6.92 Å². The quantitative estimate of drug-likeness (QED) is 0.805. The molecule has 2 aromatic carbocycles. The topological polar surface area (TPSA) is 67.8 Å². The molecule has 2 aromatic rings. The van der Waals surface area contributed by atoms with Gasteiger partial charge in [-0.3, -0.25) is 9.59 Å². The summed E-state index contributed by atoms with van der Waals surface area (Å²) in [5, 5.41) is 3.48. The van der Waals surface area contributed by atoms with Gasteiger partial charge in [0.1, 0.15) is 12.4 Å². The maximum atomic E-state index is 12.0. The van der Waals surface area contributed by atoms with Crippen molar-refractivity contribution in [2.45, 2.75) is 13.5 Å². The Morgan fingerprint density at radius 1 is 1.23 bits per heavy atom. The summed E-state index contributed by atoms with van der Waals surface area (Å²) in [6.07, 6.45) is 1.71. The number of carbonyl (C=O) groups excluding carboxylic acids is 2. The number of amides is 2. The van der Waals surface area contributed by atoms with Crippen molar-refractivity contribution in [2.75, 3.05) is 0 Å². The van der Waals surface area contributed by atoms with Gasteiger partial charge in [0.05, 0.1) is 4.91 Å². The molecule has 1 N–H and O–H groups in total. The van der Waals surface area contributed by atoms with Gasteiger partial charge in [0, 0.05) is 17.5 Å². The smallest absolute Gasteiger partial charge is 0.286 e. The van der Waals surface area contributed by atoms with Crippen LogP contribution in [-0.2, 0) is 16.2 Å². The van der Waals surface area contributed by atoms with E-state index in [2.05, 4.69) is 10.3 Å². The maximum absolute atomic E-state index is 12.0. The molecular formula is C19H15ClN2O3S. The van der Waals surface area contributed by atoms with E-state index in [4.69, 9.17) is 16.3 Å². The third-order valence-electron chi connectivity index (χ3n) is 3.42. The zero-order chi connectivity index (χ0) is 18.5. The predicted octanol–water partition coefficient (Wildman–Crippen LogP) is 4.03. The Balaban J connectivity index is 1.74. The third-order valence-corrected chi connectivity index (χ3v) is 4.57. The summed E-state index contributed by atoms with van der Waals surface area (Å²) < 4.78 is 5.88. The van der Waals surface area contributed by atoms with E-state index in [1.54, 1.807) is 6.08 Å². The molecule has 5 nitrogen and oxygen atoms in total. The summed E-state index contributed by atoms with van der Waals surface area (Å²) >= 11 is 7.01. The number of halogens is 1. The van der Waals surface area contributed by atoms with Crippen LogP contribution in [0, 0.1) is 0 Å². The number of thioether (sulfide) groups is 1. The van der Waals surface area contributed by atoms with Crippen LogP contribution in [0.1, 0.15) is 18.1 Å². The second-order valence-corrected chi connectivity index (χ2v) is 6.93. The van der Waals surface area contributed by atoms with E-state index < -0.39 is 0 Å². The highest BCUT2D eigenvalue weighted by atomic mass is 35.5. The van der Waals surface area contributed by atoms with E-state index in [-0.39, 0.29) is 17.0 Å². The van der Waals surface area contributed by atoms with Crippen LogP contribution in [0.4, 0.5) is 0 Å². The first-order valence-electron chi connectivity index (χ1n) is 7.78. The summed E-state index contributed by atoms with van der Waals surface area (Å²) in [5.41, 5.74) is 1.75. The number of nitrogens with zero attached hydrogens (tertiary/aromatic N) is 1. The molecule has 1 aliphatic rings. The number of aliphatic imine (C=N–C) groups is 1. The number of ether oxygens (including phenoxy) is 1. The Morgan fingerprint density at radius 3 is 2.69 bits per heavy atom. The Bertz CT molecular complexity index is 907. The van der Waals surface area contributed by atoms with Gasteiger partial charge in [-0.1, -0.05) is 41.9 Å². The zero-order valence-electron chi connectivity index (χ0n) is 13.9. The monoisotopic (exact) mass is 386 g/mol. The maximum Gasteiger partial charge on any atom is 0.286 e. The zero-order valence-corrected chi connectivity index (χ0v) is 15.4. The minimum atomic E-state index is -0.383. The van der Waals surface area contributed by atoms with Gasteiger partial charge in [-0.05, 0) is 41.6 Å². The van der Waals surface area contributed by atoms with Gasteiger partial charge < -0.3 is 10.1 Å². The fourth-order valence-electron chi connectivity index (χ4n) is 2.23. The lowest BCUT2D eigenvalue weighted by Crippen LogP contribution is -2.23. The Morgan fingerprint density at radius 2 is 1.96 bits per heavy atom. The molecule has 3 rings (SSSR count). The second kappa shape index (κ2) is 8.21. The van der Waals surface area contributed by atoms with E-state index >= 15 is 0 Å². The van der Waals surface area contributed by atoms with E-state index in [9.17, 15) is 9.59 Å². The molecule has 0 fully saturated rings. The minimum absolute atomic E-state index is 0.267. The van der Waals surface area contributed by atoms with Crippen LogP contribution in [0.15, 0.2) is 58.4 Å². The van der Waals surface area contributed by atoms with Crippen LogP contribution >= 0.6 is 23.4 Å². The first kappa shape index (κ1) is 18.2. The summed E-state index contributed by atoms with van der Waals surface area (Å²) in [5.74, 6) is -0.000389. The van der Waals surface area contributed by atoms with Crippen LogP contribution in [-0.4, -0.2) is 17.0 Å². The van der Waals surface area contributed by atoms with Crippen LogP contribution in [0.25, 0.3) is 6.08 Å². The fourth-order valence-corrected chi connectivity index (χ4v) is 3.20. The number of nitrogens with one attached hydrogen (secondary N) is 1. The summed E-state index contributed by atoms with van der Waals surface area (Å²) in [4.78, 5) is 27.4. The molecule has 0 bridgehead atoms. The first-order chi connectivity index (χ1) is 12.5. The highest BCUT2D eigenvalue weighted by Crippen LogP contribution is 2.30. The standard InChI is InChI=1S/C19H15ClN2O3S/c1-12(23)21-19-22-18(24)17(26-19)10-14-4-2-3-5-16(14)25-11-13-6-8-15(20)9-7-13/h2-10H,11H2,1H3,(H,21,22,23,24). The third kappa shape index (κ3) is 4.74. The summed E-state index contributed by atoms with van der Waals surface area (Å²) in [6.45, 7) is 1.75. The van der Waals surface area contributed by atoms with Gasteiger partial charge in [0.25, 0.3) is 5.91 Å². The molecule has 1 aliphatic heterocycles. The Hall–Kier alpha value is -2.57. The summed E-state index contributed by atoms with van der Waals surface area (Å²) in [6, 6.07) is 14.8. The molecule has 0 unspecified atom stereocenters. The molecule has 0 aliphatic carbocycles. The predicted molar refractivity (Wildman–Crippen MR) is 104 cm³/mol. The van der Waals surface area contributed by atoms with Gasteiger partial charge in [-0.15, -0.1) is 0 Å². The highest BCUT2D eigenvalue weighted by molar-refractivity contribution is 8.18. The van der Waals surface area contributed by atoms with Crippen molar-refractivity contribution in [1.82, 2.24) is 5.32 Å². The fraction of sp³-hybridized carbons (Fsp3) is 0.105. The van der Waals surface area contributed by atoms with Gasteiger partial charge >= 0.3 is 0 Å². The second-order valence-electron chi connectivity index (χ2n) is 5.47. The number of rotatable bonds is 4. The SMILES string of the molecule is CC(=O)NC1=NC(=O)C(=Cc2ccccc2OCc2ccc(Cl)cc2)S1. The number of para-hydroxylation sites is 1. The molecular weight excluding hydrogens is 372 g/mol. The van der Waals surface area contributed by atoms with Crippen LogP contribution < -0.4 is 10.1 Å². The van der Waals surface area contributed by atoms with Crippen molar-refractivity contribution < 1.29 is 14.3 Å². The number of carbonyl (C=O) groups is 2. The van der Waals surface area contributed by atoms with Crippen molar-refractivity contribution in [3.05, 3.63) is 69.6 Å². The van der Waals surface area contributed by atoms with E-state index in [0.717, 1.165) is 22.9 Å². The van der Waals surface area contributed by atoms with Gasteiger partial charge in [0.15, 0.2) is 5.17 Å². The number of benzene rings is 2. The molecule has 1 heterocycles. The lowest BCUT2D eigenvalue weighted by molar-refractivity contribution is -0.117. The first-order valence-corrected chi connectivity index (χ1v) is 8.97. The lowest BCUT2D eigenvalue weighted by Gasteiger charge is -2.10. The lowest BCUT2D eigenvalue weighted by atomic mass is 10.2. The van der Waals surface area contributed by atoms with Gasteiger partial charge in [0.2, 0.25) is 5.91 Å². The van der Waals surface area contributed by atoms with Crippen LogP contribution in [0.3, 0.4) is 0 Å². The van der Waals surface area contributed by atoms with Crippen molar-refractivity contribution >= 4 is 46.4 Å². The van der Waals surface area contributed by atoms with Crippen molar-refractivity contribution in [3.63, 3.8) is 0 Å². The molecule has 0 radical (unpaired) electrons.